The van der Waals surface area contributed by atoms with E-state index in [4.69, 9.17) is 9.47 Å². The molecule has 0 heterocycles. The van der Waals surface area contributed by atoms with Crippen molar-refractivity contribution in [2.24, 2.45) is 5.41 Å². The largest absolute Gasteiger partial charge is 0.464 e. The van der Waals surface area contributed by atoms with E-state index in [0.717, 1.165) is 18.6 Å². The zero-order chi connectivity index (χ0) is 25.5. The van der Waals surface area contributed by atoms with Crippen molar-refractivity contribution in [3.05, 3.63) is 102 Å². The molecule has 0 aromatic heterocycles. The van der Waals surface area contributed by atoms with Crippen LogP contribution in [-0.4, -0.2) is 12.4 Å². The van der Waals surface area contributed by atoms with E-state index in [9.17, 15) is 0 Å². The zero-order valence-electron chi connectivity index (χ0n) is 22.8. The molecule has 0 bridgehead atoms. The van der Waals surface area contributed by atoms with Crippen LogP contribution in [0, 0.1) is 5.41 Å². The van der Waals surface area contributed by atoms with Crippen LogP contribution in [0.2, 0.25) is 0 Å². The molecule has 3 atom stereocenters. The van der Waals surface area contributed by atoms with Gasteiger partial charge in [-0.05, 0) is 80.2 Å². The number of hydrogen-bond donors (Lipinski definition) is 0. The second kappa shape index (κ2) is 11.9. The normalized spacial score (nSPS) is 15.4. The van der Waals surface area contributed by atoms with E-state index in [1.165, 1.54) is 23.1 Å². The lowest BCUT2D eigenvalue weighted by atomic mass is 9.76. The van der Waals surface area contributed by atoms with Crippen LogP contribution in [0.25, 0.3) is 0 Å². The maximum Gasteiger partial charge on any atom is 0.209 e. The summed E-state index contributed by atoms with van der Waals surface area (Å²) >= 11 is 0. The average molecular weight is 473 g/mol. The Bertz CT molecular complexity index is 1000. The number of hydrogen-bond acceptors (Lipinski definition) is 2. The highest BCUT2D eigenvalue weighted by molar-refractivity contribution is 5.33. The minimum Gasteiger partial charge on any atom is -0.464 e. The van der Waals surface area contributed by atoms with Gasteiger partial charge in [-0.1, -0.05) is 100 Å². The second-order valence-corrected chi connectivity index (χ2v) is 11.5. The number of benzene rings is 3. The third-order valence-electron chi connectivity index (χ3n) is 6.71. The molecule has 3 aromatic rings. The van der Waals surface area contributed by atoms with E-state index in [0.29, 0.717) is 11.3 Å². The summed E-state index contributed by atoms with van der Waals surface area (Å²) in [5.74, 6) is 1.40. The molecule has 2 heteroatoms. The fourth-order valence-electron chi connectivity index (χ4n) is 4.89. The first kappa shape index (κ1) is 27.0. The molecule has 0 fully saturated rings. The summed E-state index contributed by atoms with van der Waals surface area (Å²) in [6.45, 7) is 15.6. The van der Waals surface area contributed by atoms with E-state index in [2.05, 4.69) is 133 Å². The highest BCUT2D eigenvalue weighted by Crippen LogP contribution is 2.37. The molecule has 0 aliphatic heterocycles. The predicted molar refractivity (Wildman–Crippen MR) is 148 cm³/mol. The monoisotopic (exact) mass is 472 g/mol. The van der Waals surface area contributed by atoms with Gasteiger partial charge in [0.25, 0.3) is 0 Å². The molecule has 3 unspecified atom stereocenters. The SMILES string of the molecule is CCC(CC(C)(C)C)c1ccc(OC(OC(C)C)C(C)(Cc2ccccc2)c2ccccc2)cc1. The van der Waals surface area contributed by atoms with E-state index in [1.54, 1.807) is 0 Å². The summed E-state index contributed by atoms with van der Waals surface area (Å²) in [5, 5.41) is 0. The smallest absolute Gasteiger partial charge is 0.209 e. The van der Waals surface area contributed by atoms with Crippen LogP contribution in [0.3, 0.4) is 0 Å². The topological polar surface area (TPSA) is 18.5 Å². The van der Waals surface area contributed by atoms with Crippen LogP contribution in [0.4, 0.5) is 0 Å². The van der Waals surface area contributed by atoms with Gasteiger partial charge in [0.2, 0.25) is 6.29 Å². The van der Waals surface area contributed by atoms with Gasteiger partial charge in [-0.2, -0.15) is 0 Å². The van der Waals surface area contributed by atoms with E-state index in [-0.39, 0.29) is 11.5 Å². The highest BCUT2D eigenvalue weighted by Gasteiger charge is 2.39. The molecular formula is C33H44O2. The van der Waals surface area contributed by atoms with Gasteiger partial charge in [-0.25, -0.2) is 0 Å². The number of ether oxygens (including phenoxy) is 2. The molecule has 2 nitrogen and oxygen atoms in total. The van der Waals surface area contributed by atoms with Crippen molar-refractivity contribution in [3.8, 4) is 5.75 Å². The van der Waals surface area contributed by atoms with E-state index in [1.807, 2.05) is 0 Å². The van der Waals surface area contributed by atoms with Gasteiger partial charge in [0, 0.05) is 0 Å². The van der Waals surface area contributed by atoms with E-state index >= 15 is 0 Å². The molecule has 0 spiro atoms. The first-order valence-corrected chi connectivity index (χ1v) is 13.1. The Kier molecular flexibility index (Phi) is 9.19. The molecule has 0 aliphatic carbocycles. The maximum atomic E-state index is 6.66. The van der Waals surface area contributed by atoms with Gasteiger partial charge < -0.3 is 9.47 Å². The molecule has 3 rings (SSSR count). The lowest BCUT2D eigenvalue weighted by molar-refractivity contribution is -0.148. The van der Waals surface area contributed by atoms with Gasteiger partial charge in [-0.3, -0.25) is 0 Å². The Morgan fingerprint density at radius 2 is 1.31 bits per heavy atom. The van der Waals surface area contributed by atoms with Gasteiger partial charge in [0.15, 0.2) is 0 Å². The van der Waals surface area contributed by atoms with Gasteiger partial charge >= 0.3 is 0 Å². The summed E-state index contributed by atoms with van der Waals surface area (Å²) in [4.78, 5) is 0. The van der Waals surface area contributed by atoms with Crippen LogP contribution < -0.4 is 4.74 Å². The molecule has 0 radical (unpaired) electrons. The van der Waals surface area contributed by atoms with Crippen molar-refractivity contribution in [2.45, 2.75) is 91.5 Å². The van der Waals surface area contributed by atoms with E-state index < -0.39 is 6.29 Å². The minimum atomic E-state index is -0.437. The highest BCUT2D eigenvalue weighted by atomic mass is 16.7. The Labute approximate surface area is 213 Å². The van der Waals surface area contributed by atoms with Gasteiger partial charge in [0.05, 0.1) is 11.5 Å². The fourth-order valence-corrected chi connectivity index (χ4v) is 4.89. The van der Waals surface area contributed by atoms with Crippen LogP contribution in [0.5, 0.6) is 5.75 Å². The minimum absolute atomic E-state index is 0.0364. The molecule has 0 amide bonds. The van der Waals surface area contributed by atoms with Crippen LogP contribution in [0.1, 0.15) is 83.9 Å². The molecule has 0 saturated carbocycles. The van der Waals surface area contributed by atoms with Crippen LogP contribution >= 0.6 is 0 Å². The van der Waals surface area contributed by atoms with Crippen molar-refractivity contribution >= 4 is 0 Å². The van der Waals surface area contributed by atoms with Gasteiger partial charge in [-0.15, -0.1) is 0 Å². The average Bonchev–Trinajstić information content (AvgIpc) is 2.83. The Balaban J connectivity index is 1.92. The van der Waals surface area contributed by atoms with Crippen LogP contribution in [-0.2, 0) is 16.6 Å². The summed E-state index contributed by atoms with van der Waals surface area (Å²) in [6, 6.07) is 30.0. The van der Waals surface area contributed by atoms with Crippen molar-refractivity contribution in [3.63, 3.8) is 0 Å². The molecule has 0 saturated heterocycles. The first-order valence-electron chi connectivity index (χ1n) is 13.1. The Hall–Kier alpha value is -2.58. The molecule has 0 aliphatic rings. The third-order valence-corrected chi connectivity index (χ3v) is 6.71. The van der Waals surface area contributed by atoms with Crippen molar-refractivity contribution in [1.29, 1.82) is 0 Å². The summed E-state index contributed by atoms with van der Waals surface area (Å²) in [7, 11) is 0. The number of rotatable bonds is 11. The zero-order valence-corrected chi connectivity index (χ0v) is 22.8. The quantitative estimate of drug-likeness (QED) is 0.259. The van der Waals surface area contributed by atoms with Crippen molar-refractivity contribution in [2.75, 3.05) is 0 Å². The third kappa shape index (κ3) is 7.70. The maximum absolute atomic E-state index is 6.66. The van der Waals surface area contributed by atoms with Gasteiger partial charge in [0.1, 0.15) is 5.75 Å². The molecule has 0 N–H and O–H groups in total. The molecule has 188 valence electrons. The lowest BCUT2D eigenvalue weighted by Gasteiger charge is -2.39. The summed E-state index contributed by atoms with van der Waals surface area (Å²) in [6.07, 6.45) is 2.73. The Morgan fingerprint density at radius 3 is 1.83 bits per heavy atom. The molecule has 35 heavy (non-hydrogen) atoms. The summed E-state index contributed by atoms with van der Waals surface area (Å²) in [5.41, 5.74) is 3.79. The first-order chi connectivity index (χ1) is 16.6. The predicted octanol–water partition coefficient (Wildman–Crippen LogP) is 8.95. The Morgan fingerprint density at radius 1 is 0.743 bits per heavy atom. The van der Waals surface area contributed by atoms with Crippen molar-refractivity contribution < 1.29 is 9.47 Å². The lowest BCUT2D eigenvalue weighted by Crippen LogP contribution is -2.45. The van der Waals surface area contributed by atoms with Crippen LogP contribution in [0.15, 0.2) is 84.9 Å². The second-order valence-electron chi connectivity index (χ2n) is 11.5. The van der Waals surface area contributed by atoms with Crippen molar-refractivity contribution in [1.82, 2.24) is 0 Å². The summed E-state index contributed by atoms with van der Waals surface area (Å²) < 4.78 is 13.2. The fraction of sp³-hybridized carbons (Fsp3) is 0.455. The molecular weight excluding hydrogens is 428 g/mol. The molecule has 3 aromatic carbocycles. The standard InChI is InChI=1S/C33H44O2/c1-8-27(24-32(4,5)6)28-19-21-30(22-20-28)35-31(34-25(2)3)33(7,29-17-13-10-14-18-29)23-26-15-11-9-12-16-26/h9-22,25,27,31H,8,23-24H2,1-7H3.